The number of rotatable bonds is 4. The van der Waals surface area contributed by atoms with Gasteiger partial charge < -0.3 is 9.84 Å². The summed E-state index contributed by atoms with van der Waals surface area (Å²) >= 11 is 5.26. The number of ether oxygens (including phenoxy) is 1. The smallest absolute Gasteiger partial charge is 0.339 e. The molecule has 16 heavy (non-hydrogen) atoms. The van der Waals surface area contributed by atoms with Crippen molar-refractivity contribution < 1.29 is 27.6 Å². The van der Waals surface area contributed by atoms with E-state index in [0.29, 0.717) is 0 Å². The molecule has 0 aromatic heterocycles. The third kappa shape index (κ3) is 2.84. The summed E-state index contributed by atoms with van der Waals surface area (Å²) in [5, 5.41) is 8.78. The largest absolute Gasteiger partial charge is 0.478 e. The van der Waals surface area contributed by atoms with Crippen LogP contribution in [0.1, 0.15) is 10.4 Å². The molecule has 0 fully saturated rings. The fourth-order valence-electron chi connectivity index (χ4n) is 1.02. The van der Waals surface area contributed by atoms with Gasteiger partial charge in [0.2, 0.25) is 0 Å². The molecule has 88 valence electrons. The van der Waals surface area contributed by atoms with Crippen molar-refractivity contribution in [1.29, 1.82) is 0 Å². The van der Waals surface area contributed by atoms with Crippen LogP contribution in [-0.2, 0) is 10.1 Å². The molecule has 8 heteroatoms. The molecule has 0 atom stereocenters. The number of carbonyl (C=O) groups is 1. The summed E-state index contributed by atoms with van der Waals surface area (Å²) in [6.07, 6.45) is 0. The molecule has 1 rings (SSSR count). The van der Waals surface area contributed by atoms with E-state index >= 15 is 0 Å². The van der Waals surface area contributed by atoms with Crippen LogP contribution in [0.4, 0.5) is 0 Å². The molecule has 0 aliphatic carbocycles. The zero-order valence-corrected chi connectivity index (χ0v) is 9.33. The zero-order chi connectivity index (χ0) is 12.3. The molecule has 0 amide bonds. The predicted molar refractivity (Wildman–Crippen MR) is 54.6 cm³/mol. The van der Waals surface area contributed by atoms with Gasteiger partial charge in [-0.25, -0.2) is 4.79 Å². The molecular weight excluding hydrogens is 260 g/mol. The average molecular weight is 267 g/mol. The Balaban J connectivity index is 3.34. The summed E-state index contributed by atoms with van der Waals surface area (Å²) < 4.78 is 35.0. The third-order valence-electron chi connectivity index (χ3n) is 1.69. The number of carboxylic acids is 1. The maximum absolute atomic E-state index is 10.8. The van der Waals surface area contributed by atoms with Gasteiger partial charge in [0.15, 0.2) is 6.07 Å². The van der Waals surface area contributed by atoms with Crippen LogP contribution >= 0.6 is 11.6 Å². The topological polar surface area (TPSA) is 101 Å². The second-order valence-electron chi connectivity index (χ2n) is 2.69. The van der Waals surface area contributed by atoms with Crippen molar-refractivity contribution in [2.45, 2.75) is 4.90 Å². The summed E-state index contributed by atoms with van der Waals surface area (Å²) in [6, 6.07) is 2.64. The zero-order valence-electron chi connectivity index (χ0n) is 7.75. The van der Waals surface area contributed by atoms with E-state index in [1.807, 2.05) is 0 Å². The first kappa shape index (κ1) is 12.8. The van der Waals surface area contributed by atoms with Crippen molar-refractivity contribution >= 4 is 27.7 Å². The highest BCUT2D eigenvalue weighted by molar-refractivity contribution is 7.85. The van der Waals surface area contributed by atoms with Crippen LogP contribution in [0.3, 0.4) is 0 Å². The SMILES string of the molecule is O=C(O)c1cc(S(=O)(=O)O)ccc1OCCl. The Morgan fingerprint density at radius 3 is 2.50 bits per heavy atom. The lowest BCUT2D eigenvalue weighted by molar-refractivity contribution is 0.0693. The van der Waals surface area contributed by atoms with Crippen molar-refractivity contribution in [3.05, 3.63) is 23.8 Å². The van der Waals surface area contributed by atoms with Crippen LogP contribution in [-0.4, -0.2) is 30.1 Å². The Kier molecular flexibility index (Phi) is 3.74. The lowest BCUT2D eigenvalue weighted by atomic mass is 10.2. The van der Waals surface area contributed by atoms with Crippen LogP contribution in [0.25, 0.3) is 0 Å². The second-order valence-corrected chi connectivity index (χ2v) is 4.33. The minimum absolute atomic E-state index is 0.0742. The molecule has 0 saturated carbocycles. The standard InChI is InChI=1S/C8H7ClO6S/c9-4-15-7-2-1-5(16(12,13)14)3-6(7)8(10)11/h1-3H,4H2,(H,10,11)(H,12,13,14). The van der Waals surface area contributed by atoms with Crippen molar-refractivity contribution in [3.8, 4) is 5.75 Å². The summed E-state index contributed by atoms with van der Waals surface area (Å²) in [7, 11) is -4.44. The van der Waals surface area contributed by atoms with Gasteiger partial charge in [-0.05, 0) is 18.2 Å². The molecule has 0 aliphatic heterocycles. The first-order valence-electron chi connectivity index (χ1n) is 3.90. The van der Waals surface area contributed by atoms with Gasteiger partial charge in [0.25, 0.3) is 10.1 Å². The molecule has 0 bridgehead atoms. The minimum Gasteiger partial charge on any atom is -0.478 e. The Hall–Kier alpha value is -1.31. The van der Waals surface area contributed by atoms with Gasteiger partial charge in [0.05, 0.1) is 4.90 Å². The predicted octanol–water partition coefficient (Wildman–Crippen LogP) is 1.21. The Bertz CT molecular complexity index is 509. The van der Waals surface area contributed by atoms with Gasteiger partial charge in [-0.1, -0.05) is 11.6 Å². The Labute approximate surface area is 96.2 Å². The van der Waals surface area contributed by atoms with E-state index in [4.69, 9.17) is 26.0 Å². The molecule has 0 aliphatic rings. The number of halogens is 1. The molecule has 1 aromatic carbocycles. The molecule has 0 spiro atoms. The average Bonchev–Trinajstić information content (AvgIpc) is 2.16. The number of carboxylic acid groups (broad SMARTS) is 1. The monoisotopic (exact) mass is 266 g/mol. The molecule has 6 nitrogen and oxygen atoms in total. The van der Waals surface area contributed by atoms with Gasteiger partial charge >= 0.3 is 5.97 Å². The molecule has 0 saturated heterocycles. The van der Waals surface area contributed by atoms with Crippen LogP contribution < -0.4 is 4.74 Å². The van der Waals surface area contributed by atoms with E-state index in [-0.39, 0.29) is 11.8 Å². The number of alkyl halides is 1. The van der Waals surface area contributed by atoms with Gasteiger partial charge in [-0.2, -0.15) is 8.42 Å². The van der Waals surface area contributed by atoms with Crippen LogP contribution in [0.5, 0.6) is 5.75 Å². The van der Waals surface area contributed by atoms with E-state index < -0.39 is 26.5 Å². The summed E-state index contributed by atoms with van der Waals surface area (Å²) in [6.45, 7) is 0. The molecule has 0 unspecified atom stereocenters. The van der Waals surface area contributed by atoms with Gasteiger partial charge in [-0.15, -0.1) is 0 Å². The van der Waals surface area contributed by atoms with Crippen LogP contribution in [0.15, 0.2) is 23.1 Å². The van der Waals surface area contributed by atoms with Crippen molar-refractivity contribution in [3.63, 3.8) is 0 Å². The maximum Gasteiger partial charge on any atom is 0.339 e. The Morgan fingerprint density at radius 1 is 1.44 bits per heavy atom. The fraction of sp³-hybridized carbons (Fsp3) is 0.125. The minimum atomic E-state index is -4.44. The molecule has 0 heterocycles. The van der Waals surface area contributed by atoms with E-state index in [0.717, 1.165) is 18.2 Å². The van der Waals surface area contributed by atoms with Gasteiger partial charge in [0.1, 0.15) is 11.3 Å². The van der Waals surface area contributed by atoms with Crippen molar-refractivity contribution in [2.75, 3.05) is 6.07 Å². The van der Waals surface area contributed by atoms with Crippen molar-refractivity contribution in [1.82, 2.24) is 0 Å². The summed E-state index contributed by atoms with van der Waals surface area (Å²) in [4.78, 5) is 10.3. The van der Waals surface area contributed by atoms with Crippen LogP contribution in [0.2, 0.25) is 0 Å². The first-order chi connectivity index (χ1) is 7.36. The lowest BCUT2D eigenvalue weighted by Crippen LogP contribution is -2.05. The normalized spacial score (nSPS) is 11.1. The molecule has 0 radical (unpaired) electrons. The molecular formula is C8H7ClO6S. The first-order valence-corrected chi connectivity index (χ1v) is 5.87. The Morgan fingerprint density at radius 2 is 2.06 bits per heavy atom. The second kappa shape index (κ2) is 4.69. The van der Waals surface area contributed by atoms with Gasteiger partial charge in [0, 0.05) is 0 Å². The number of aromatic carboxylic acids is 1. The summed E-state index contributed by atoms with van der Waals surface area (Å²) in [5.74, 6) is -1.46. The number of hydrogen-bond donors (Lipinski definition) is 2. The highest BCUT2D eigenvalue weighted by Gasteiger charge is 2.17. The highest BCUT2D eigenvalue weighted by atomic mass is 35.5. The van der Waals surface area contributed by atoms with E-state index in [1.165, 1.54) is 0 Å². The van der Waals surface area contributed by atoms with E-state index in [1.54, 1.807) is 0 Å². The maximum atomic E-state index is 10.8. The number of hydrogen-bond acceptors (Lipinski definition) is 4. The third-order valence-corrected chi connectivity index (χ3v) is 2.65. The van der Waals surface area contributed by atoms with Crippen molar-refractivity contribution in [2.24, 2.45) is 0 Å². The van der Waals surface area contributed by atoms with Crippen LogP contribution in [0, 0.1) is 0 Å². The highest BCUT2D eigenvalue weighted by Crippen LogP contribution is 2.22. The number of benzene rings is 1. The molecule has 2 N–H and O–H groups in total. The quantitative estimate of drug-likeness (QED) is 0.627. The molecule has 1 aromatic rings. The van der Waals surface area contributed by atoms with E-state index in [2.05, 4.69) is 0 Å². The van der Waals surface area contributed by atoms with E-state index in [9.17, 15) is 13.2 Å². The summed E-state index contributed by atoms with van der Waals surface area (Å²) in [5.41, 5.74) is -0.393. The van der Waals surface area contributed by atoms with Gasteiger partial charge in [-0.3, -0.25) is 4.55 Å². The fourth-order valence-corrected chi connectivity index (χ4v) is 1.65. The lowest BCUT2D eigenvalue weighted by Gasteiger charge is -2.07.